The van der Waals surface area contributed by atoms with Gasteiger partial charge in [-0.05, 0) is 42.5 Å². The van der Waals surface area contributed by atoms with Crippen molar-refractivity contribution in [2.24, 2.45) is 0 Å². The summed E-state index contributed by atoms with van der Waals surface area (Å²) in [5.74, 6) is 0.721. The number of amides is 1. The van der Waals surface area contributed by atoms with Crippen LogP contribution in [-0.2, 0) is 0 Å². The number of benzene rings is 2. The van der Waals surface area contributed by atoms with E-state index < -0.39 is 0 Å². The fourth-order valence-corrected chi connectivity index (χ4v) is 2.14. The van der Waals surface area contributed by atoms with Crippen molar-refractivity contribution in [2.75, 3.05) is 19.1 Å². The molecule has 0 N–H and O–H groups in total. The fourth-order valence-electron chi connectivity index (χ4n) is 1.74. The summed E-state index contributed by atoms with van der Waals surface area (Å²) < 4.78 is 5.99. The van der Waals surface area contributed by atoms with E-state index in [0.717, 1.165) is 15.9 Å². The summed E-state index contributed by atoms with van der Waals surface area (Å²) >= 11 is 3.37. The molecule has 3 nitrogen and oxygen atoms in total. The Bertz CT molecular complexity index is 581. The number of nitrogens with zero attached hydrogens (tertiary/aromatic N) is 1. The van der Waals surface area contributed by atoms with Crippen LogP contribution in [0.1, 0.15) is 10.4 Å². The molecule has 1 amide bonds. The second-order valence-electron chi connectivity index (χ2n) is 4.07. The number of carbonyl (C=O) groups is 1. The second kappa shape index (κ2) is 5.89. The van der Waals surface area contributed by atoms with Crippen LogP contribution in [0.5, 0.6) is 5.75 Å². The Morgan fingerprint density at radius 2 is 1.84 bits per heavy atom. The van der Waals surface area contributed by atoms with Gasteiger partial charge >= 0.3 is 0 Å². The fraction of sp³-hybridized carbons (Fsp3) is 0.133. The third-order valence-electron chi connectivity index (χ3n) is 2.84. The van der Waals surface area contributed by atoms with Gasteiger partial charge in [0.15, 0.2) is 0 Å². The minimum atomic E-state index is -0.0496. The van der Waals surface area contributed by atoms with Crippen LogP contribution in [0.25, 0.3) is 0 Å². The summed E-state index contributed by atoms with van der Waals surface area (Å²) in [5, 5.41) is 0. The maximum absolute atomic E-state index is 12.3. The van der Waals surface area contributed by atoms with Gasteiger partial charge in [0.2, 0.25) is 0 Å². The summed E-state index contributed by atoms with van der Waals surface area (Å²) in [6, 6.07) is 14.7. The van der Waals surface area contributed by atoms with Crippen molar-refractivity contribution in [3.05, 3.63) is 58.6 Å². The molecule has 2 aromatic rings. The number of rotatable bonds is 3. The molecule has 0 spiro atoms. The summed E-state index contributed by atoms with van der Waals surface area (Å²) in [5.41, 5.74) is 1.47. The summed E-state index contributed by atoms with van der Waals surface area (Å²) in [7, 11) is 3.37. The van der Waals surface area contributed by atoms with Crippen LogP contribution in [0.4, 0.5) is 5.69 Å². The zero-order valence-electron chi connectivity index (χ0n) is 10.8. The number of hydrogen-bond acceptors (Lipinski definition) is 2. The van der Waals surface area contributed by atoms with Crippen LogP contribution in [0.2, 0.25) is 0 Å². The minimum absolute atomic E-state index is 0.0496. The smallest absolute Gasteiger partial charge is 0.258 e. The van der Waals surface area contributed by atoms with E-state index in [0.29, 0.717) is 5.56 Å². The predicted octanol–water partition coefficient (Wildman–Crippen LogP) is 3.73. The van der Waals surface area contributed by atoms with E-state index in [4.69, 9.17) is 4.74 Å². The Morgan fingerprint density at radius 3 is 2.42 bits per heavy atom. The summed E-state index contributed by atoms with van der Waals surface area (Å²) in [6.45, 7) is 0. The highest BCUT2D eigenvalue weighted by Gasteiger charge is 2.13. The lowest BCUT2D eigenvalue weighted by atomic mass is 10.2. The molecule has 2 rings (SSSR count). The van der Waals surface area contributed by atoms with Crippen LogP contribution in [0.15, 0.2) is 53.0 Å². The standard InChI is InChI=1S/C15H14BrNO2/c1-17(13-6-8-14(19-2)9-7-13)15(18)11-4-3-5-12(16)10-11/h3-10H,1-2H3. The van der Waals surface area contributed by atoms with Gasteiger partial charge in [0, 0.05) is 22.8 Å². The molecule has 0 aliphatic carbocycles. The number of anilines is 1. The third kappa shape index (κ3) is 3.15. The average molecular weight is 320 g/mol. The average Bonchev–Trinajstić information content (AvgIpc) is 2.46. The van der Waals surface area contributed by atoms with Crippen LogP contribution in [-0.4, -0.2) is 20.1 Å². The largest absolute Gasteiger partial charge is 0.497 e. The Kier molecular flexibility index (Phi) is 4.22. The zero-order chi connectivity index (χ0) is 13.8. The van der Waals surface area contributed by atoms with Crippen molar-refractivity contribution < 1.29 is 9.53 Å². The molecule has 98 valence electrons. The predicted molar refractivity (Wildman–Crippen MR) is 79.9 cm³/mol. The molecule has 0 bridgehead atoms. The van der Waals surface area contributed by atoms with Gasteiger partial charge in [-0.1, -0.05) is 22.0 Å². The van der Waals surface area contributed by atoms with E-state index in [1.165, 1.54) is 0 Å². The molecule has 0 aliphatic heterocycles. The van der Waals surface area contributed by atoms with Gasteiger partial charge in [0.25, 0.3) is 5.91 Å². The van der Waals surface area contributed by atoms with E-state index in [2.05, 4.69) is 15.9 Å². The van der Waals surface area contributed by atoms with Crippen molar-refractivity contribution in [2.45, 2.75) is 0 Å². The number of methoxy groups -OCH3 is 1. The SMILES string of the molecule is COc1ccc(N(C)C(=O)c2cccc(Br)c2)cc1. The molecule has 0 saturated carbocycles. The Labute approximate surface area is 120 Å². The third-order valence-corrected chi connectivity index (χ3v) is 3.33. The Balaban J connectivity index is 2.23. The Hall–Kier alpha value is -1.81. The minimum Gasteiger partial charge on any atom is -0.497 e. The maximum Gasteiger partial charge on any atom is 0.258 e. The molecular formula is C15H14BrNO2. The molecule has 0 fully saturated rings. The number of ether oxygens (including phenoxy) is 1. The topological polar surface area (TPSA) is 29.5 Å². The van der Waals surface area contributed by atoms with E-state index in [-0.39, 0.29) is 5.91 Å². The monoisotopic (exact) mass is 319 g/mol. The maximum atomic E-state index is 12.3. The van der Waals surface area contributed by atoms with Gasteiger partial charge in [0.1, 0.15) is 5.75 Å². The van der Waals surface area contributed by atoms with Gasteiger partial charge in [-0.2, -0.15) is 0 Å². The second-order valence-corrected chi connectivity index (χ2v) is 4.99. The van der Waals surface area contributed by atoms with E-state index >= 15 is 0 Å². The summed E-state index contributed by atoms with van der Waals surface area (Å²) in [4.78, 5) is 13.9. The van der Waals surface area contributed by atoms with Gasteiger partial charge in [-0.3, -0.25) is 4.79 Å². The van der Waals surface area contributed by atoms with Crippen molar-refractivity contribution in [1.29, 1.82) is 0 Å². The van der Waals surface area contributed by atoms with E-state index in [1.807, 2.05) is 42.5 Å². The molecule has 19 heavy (non-hydrogen) atoms. The van der Waals surface area contributed by atoms with Crippen LogP contribution < -0.4 is 9.64 Å². The molecule has 0 heterocycles. The molecule has 0 unspecified atom stereocenters. The van der Waals surface area contributed by atoms with Crippen molar-refractivity contribution >= 4 is 27.5 Å². The lowest BCUT2D eigenvalue weighted by Crippen LogP contribution is -2.26. The molecule has 0 aliphatic rings. The molecule has 0 radical (unpaired) electrons. The van der Waals surface area contributed by atoms with Gasteiger partial charge in [-0.25, -0.2) is 0 Å². The van der Waals surface area contributed by atoms with Gasteiger partial charge in [-0.15, -0.1) is 0 Å². The highest BCUT2D eigenvalue weighted by atomic mass is 79.9. The molecule has 4 heteroatoms. The zero-order valence-corrected chi connectivity index (χ0v) is 12.3. The van der Waals surface area contributed by atoms with Crippen molar-refractivity contribution in [3.63, 3.8) is 0 Å². The first-order valence-electron chi connectivity index (χ1n) is 5.79. The van der Waals surface area contributed by atoms with Crippen LogP contribution >= 0.6 is 15.9 Å². The number of carbonyl (C=O) groups excluding carboxylic acids is 1. The van der Waals surface area contributed by atoms with Crippen LogP contribution in [0, 0.1) is 0 Å². The first-order chi connectivity index (χ1) is 9.11. The van der Waals surface area contributed by atoms with E-state index in [1.54, 1.807) is 25.1 Å². The van der Waals surface area contributed by atoms with Crippen LogP contribution in [0.3, 0.4) is 0 Å². The first-order valence-corrected chi connectivity index (χ1v) is 6.59. The Morgan fingerprint density at radius 1 is 1.16 bits per heavy atom. The first kappa shape index (κ1) is 13.6. The lowest BCUT2D eigenvalue weighted by Gasteiger charge is -2.17. The highest BCUT2D eigenvalue weighted by molar-refractivity contribution is 9.10. The molecule has 0 saturated heterocycles. The van der Waals surface area contributed by atoms with Gasteiger partial charge < -0.3 is 9.64 Å². The molecular weight excluding hydrogens is 306 g/mol. The number of hydrogen-bond donors (Lipinski definition) is 0. The highest BCUT2D eigenvalue weighted by Crippen LogP contribution is 2.20. The molecule has 0 atom stereocenters. The molecule has 2 aromatic carbocycles. The van der Waals surface area contributed by atoms with E-state index in [9.17, 15) is 4.79 Å². The normalized spacial score (nSPS) is 10.1. The quantitative estimate of drug-likeness (QED) is 0.862. The lowest BCUT2D eigenvalue weighted by molar-refractivity contribution is 0.0993. The molecule has 0 aromatic heterocycles. The summed E-state index contributed by atoms with van der Waals surface area (Å²) in [6.07, 6.45) is 0. The number of halogens is 1. The van der Waals surface area contributed by atoms with Crippen molar-refractivity contribution in [3.8, 4) is 5.75 Å². The van der Waals surface area contributed by atoms with Crippen molar-refractivity contribution in [1.82, 2.24) is 0 Å². The van der Waals surface area contributed by atoms with Gasteiger partial charge in [0.05, 0.1) is 7.11 Å².